The molecule has 2 aromatic carbocycles. The highest BCUT2D eigenvalue weighted by atomic mass is 19.1. The van der Waals surface area contributed by atoms with Crippen LogP contribution in [0, 0.1) is 5.82 Å². The third-order valence-electron chi connectivity index (χ3n) is 4.07. The van der Waals surface area contributed by atoms with E-state index in [-0.39, 0.29) is 11.9 Å². The summed E-state index contributed by atoms with van der Waals surface area (Å²) in [4.78, 5) is 14.4. The predicted octanol–water partition coefficient (Wildman–Crippen LogP) is 3.02. The Bertz CT molecular complexity index is 737. The van der Waals surface area contributed by atoms with Crippen molar-refractivity contribution in [1.82, 2.24) is 10.2 Å². The van der Waals surface area contributed by atoms with Gasteiger partial charge in [-0.05, 0) is 39.2 Å². The van der Waals surface area contributed by atoms with Crippen LogP contribution in [0.3, 0.4) is 0 Å². The van der Waals surface area contributed by atoms with Gasteiger partial charge in [-0.3, -0.25) is 4.79 Å². The monoisotopic (exact) mass is 360 g/mol. The number of nitrogens with zero attached hydrogens (tertiary/aromatic N) is 1. The van der Waals surface area contributed by atoms with Gasteiger partial charge in [0.15, 0.2) is 6.10 Å². The summed E-state index contributed by atoms with van der Waals surface area (Å²) >= 11 is 0. The molecule has 0 bridgehead atoms. The molecule has 2 aromatic rings. The zero-order chi connectivity index (χ0) is 19.1. The molecule has 0 radical (unpaired) electrons. The molecule has 0 saturated heterocycles. The van der Waals surface area contributed by atoms with Crippen LogP contribution in [0.15, 0.2) is 48.5 Å². The van der Waals surface area contributed by atoms with E-state index in [9.17, 15) is 9.18 Å². The number of nitrogens with one attached hydrogen (secondary N) is 1. The maximum absolute atomic E-state index is 13.2. The van der Waals surface area contributed by atoms with Crippen LogP contribution in [0.4, 0.5) is 4.39 Å². The molecule has 26 heavy (non-hydrogen) atoms. The number of hydrogen-bond acceptors (Lipinski definition) is 4. The lowest BCUT2D eigenvalue weighted by molar-refractivity contribution is -0.127. The number of methoxy groups -OCH3 is 1. The number of amides is 1. The molecule has 0 aliphatic heterocycles. The highest BCUT2D eigenvalue weighted by Gasteiger charge is 2.21. The van der Waals surface area contributed by atoms with Gasteiger partial charge in [-0.1, -0.05) is 24.3 Å². The minimum atomic E-state index is -0.739. The molecular formula is C20H25FN2O3. The van der Waals surface area contributed by atoms with Crippen molar-refractivity contribution in [1.29, 1.82) is 0 Å². The van der Waals surface area contributed by atoms with Gasteiger partial charge in [0.25, 0.3) is 5.91 Å². The first-order chi connectivity index (χ1) is 12.4. The Kier molecular flexibility index (Phi) is 6.97. The standard InChI is InChI=1S/C20H25FN2O3/c1-14(26-16-9-7-8-15(21)12-16)20(24)22-13-18(23(2)3)17-10-5-6-11-19(17)25-4/h5-12,14,18H,13H2,1-4H3,(H,22,24)/t14-,18+/m1/s1. The molecule has 140 valence electrons. The van der Waals surface area contributed by atoms with E-state index >= 15 is 0 Å². The molecule has 0 aliphatic rings. The summed E-state index contributed by atoms with van der Waals surface area (Å²) in [7, 11) is 5.50. The first-order valence-corrected chi connectivity index (χ1v) is 8.41. The molecule has 2 atom stereocenters. The number of halogens is 1. The third-order valence-corrected chi connectivity index (χ3v) is 4.07. The molecule has 2 rings (SSSR count). The van der Waals surface area contributed by atoms with Crippen LogP contribution < -0.4 is 14.8 Å². The molecule has 0 saturated carbocycles. The third kappa shape index (κ3) is 5.20. The average Bonchev–Trinajstić information content (AvgIpc) is 2.61. The molecule has 0 fully saturated rings. The molecule has 1 N–H and O–H groups in total. The molecule has 0 aromatic heterocycles. The summed E-state index contributed by atoms with van der Waals surface area (Å²) in [6.07, 6.45) is -0.739. The molecule has 0 heterocycles. The number of ether oxygens (including phenoxy) is 2. The van der Waals surface area contributed by atoms with Crippen molar-refractivity contribution in [2.24, 2.45) is 0 Å². The van der Waals surface area contributed by atoms with E-state index in [2.05, 4.69) is 5.32 Å². The van der Waals surface area contributed by atoms with Crippen molar-refractivity contribution in [2.75, 3.05) is 27.7 Å². The fraction of sp³-hybridized carbons (Fsp3) is 0.350. The molecular weight excluding hydrogens is 335 g/mol. The second-order valence-corrected chi connectivity index (χ2v) is 6.18. The van der Waals surface area contributed by atoms with E-state index in [0.29, 0.717) is 12.3 Å². The summed E-state index contributed by atoms with van der Waals surface area (Å²) in [6.45, 7) is 2.02. The van der Waals surface area contributed by atoms with Crippen LogP contribution >= 0.6 is 0 Å². The largest absolute Gasteiger partial charge is 0.496 e. The summed E-state index contributed by atoms with van der Waals surface area (Å²) in [5.74, 6) is 0.418. The molecule has 5 nitrogen and oxygen atoms in total. The number of carbonyl (C=O) groups is 1. The van der Waals surface area contributed by atoms with Gasteiger partial charge in [0.2, 0.25) is 0 Å². The van der Waals surface area contributed by atoms with Crippen molar-refractivity contribution in [3.05, 3.63) is 59.9 Å². The van der Waals surface area contributed by atoms with E-state index in [1.807, 2.05) is 43.3 Å². The second kappa shape index (κ2) is 9.20. The van der Waals surface area contributed by atoms with Crippen molar-refractivity contribution < 1.29 is 18.7 Å². The minimum Gasteiger partial charge on any atom is -0.496 e. The van der Waals surface area contributed by atoms with Crippen LogP contribution in [0.25, 0.3) is 0 Å². The van der Waals surface area contributed by atoms with Gasteiger partial charge >= 0.3 is 0 Å². The zero-order valence-electron chi connectivity index (χ0n) is 15.5. The smallest absolute Gasteiger partial charge is 0.260 e. The summed E-state index contributed by atoms with van der Waals surface area (Å²) < 4.78 is 24.2. The molecule has 0 aliphatic carbocycles. The number of likely N-dealkylation sites (N-methyl/N-ethyl adjacent to an activating group) is 1. The summed E-state index contributed by atoms with van der Waals surface area (Å²) in [5.41, 5.74) is 0.985. The summed E-state index contributed by atoms with van der Waals surface area (Å²) in [6, 6.07) is 13.4. The SMILES string of the molecule is COc1ccccc1[C@H](CNC(=O)[C@@H](C)Oc1cccc(F)c1)N(C)C. The molecule has 0 unspecified atom stereocenters. The maximum atomic E-state index is 13.2. The fourth-order valence-electron chi connectivity index (χ4n) is 2.65. The van der Waals surface area contributed by atoms with Crippen molar-refractivity contribution in [2.45, 2.75) is 19.1 Å². The van der Waals surface area contributed by atoms with Gasteiger partial charge in [0.05, 0.1) is 13.2 Å². The quantitative estimate of drug-likeness (QED) is 0.786. The van der Waals surface area contributed by atoms with E-state index in [4.69, 9.17) is 9.47 Å². The average molecular weight is 360 g/mol. The van der Waals surface area contributed by atoms with Crippen molar-refractivity contribution >= 4 is 5.91 Å². The van der Waals surface area contributed by atoms with Crippen LogP contribution in [0.5, 0.6) is 11.5 Å². The van der Waals surface area contributed by atoms with Crippen molar-refractivity contribution in [3.8, 4) is 11.5 Å². The van der Waals surface area contributed by atoms with E-state index < -0.39 is 11.9 Å². The predicted molar refractivity (Wildman–Crippen MR) is 98.9 cm³/mol. The Labute approximate surface area is 153 Å². The normalized spacial score (nSPS) is 13.2. The first kappa shape index (κ1) is 19.7. The van der Waals surface area contributed by atoms with E-state index in [1.54, 1.807) is 26.2 Å². The fourth-order valence-corrected chi connectivity index (χ4v) is 2.65. The number of carbonyl (C=O) groups excluding carboxylic acids is 1. The highest BCUT2D eigenvalue weighted by Crippen LogP contribution is 2.27. The number of rotatable bonds is 8. The highest BCUT2D eigenvalue weighted by molar-refractivity contribution is 5.80. The topological polar surface area (TPSA) is 50.8 Å². The van der Waals surface area contributed by atoms with Crippen LogP contribution in [0.1, 0.15) is 18.5 Å². The number of benzene rings is 2. The lowest BCUT2D eigenvalue weighted by Gasteiger charge is -2.27. The Morgan fingerprint density at radius 1 is 1.19 bits per heavy atom. The lowest BCUT2D eigenvalue weighted by atomic mass is 10.0. The zero-order valence-corrected chi connectivity index (χ0v) is 15.5. The van der Waals surface area contributed by atoms with Gasteiger partial charge in [-0.2, -0.15) is 0 Å². The van der Waals surface area contributed by atoms with E-state index in [1.165, 1.54) is 12.1 Å². The summed E-state index contributed by atoms with van der Waals surface area (Å²) in [5, 5.41) is 2.89. The Morgan fingerprint density at radius 3 is 2.58 bits per heavy atom. The minimum absolute atomic E-state index is 0.0588. The van der Waals surface area contributed by atoms with Gasteiger partial charge in [-0.15, -0.1) is 0 Å². The van der Waals surface area contributed by atoms with Crippen LogP contribution in [0.2, 0.25) is 0 Å². The lowest BCUT2D eigenvalue weighted by Crippen LogP contribution is -2.41. The number of hydrogen-bond donors (Lipinski definition) is 1. The first-order valence-electron chi connectivity index (χ1n) is 8.41. The molecule has 0 spiro atoms. The van der Waals surface area contributed by atoms with E-state index in [0.717, 1.165) is 11.3 Å². The van der Waals surface area contributed by atoms with Crippen molar-refractivity contribution in [3.63, 3.8) is 0 Å². The molecule has 1 amide bonds. The maximum Gasteiger partial charge on any atom is 0.260 e. The Hall–Kier alpha value is -2.60. The van der Waals surface area contributed by atoms with Crippen LogP contribution in [-0.4, -0.2) is 44.7 Å². The van der Waals surface area contributed by atoms with Gasteiger partial charge in [0.1, 0.15) is 17.3 Å². The Balaban J connectivity index is 2.00. The Morgan fingerprint density at radius 2 is 1.92 bits per heavy atom. The molecule has 6 heteroatoms. The second-order valence-electron chi connectivity index (χ2n) is 6.18. The number of para-hydroxylation sites is 1. The van der Waals surface area contributed by atoms with Gasteiger partial charge < -0.3 is 19.7 Å². The van der Waals surface area contributed by atoms with Gasteiger partial charge in [0, 0.05) is 18.2 Å². The van der Waals surface area contributed by atoms with Gasteiger partial charge in [-0.25, -0.2) is 4.39 Å². The van der Waals surface area contributed by atoms with Crippen LogP contribution in [-0.2, 0) is 4.79 Å².